The molecule has 0 aliphatic carbocycles. The molecule has 54 heavy (non-hydrogen) atoms. The van der Waals surface area contributed by atoms with E-state index in [0.29, 0.717) is 43.5 Å². The zero-order valence-electron chi connectivity index (χ0n) is 29.5. The summed E-state index contributed by atoms with van der Waals surface area (Å²) in [6.45, 7) is 4.44. The Bertz CT molecular complexity index is 2110. The van der Waals surface area contributed by atoms with E-state index in [1.165, 1.54) is 51.9 Å². The Balaban J connectivity index is 1.34. The lowest BCUT2D eigenvalue weighted by molar-refractivity contribution is -0.192. The van der Waals surface area contributed by atoms with Crippen molar-refractivity contribution < 1.29 is 36.7 Å². The molecule has 0 unspecified atom stereocenters. The van der Waals surface area contributed by atoms with Crippen LogP contribution in [-0.2, 0) is 15.7 Å². The number of nitrogens with zero attached hydrogens (tertiary/aromatic N) is 6. The van der Waals surface area contributed by atoms with Crippen molar-refractivity contribution in [2.45, 2.75) is 49.5 Å². The Hall–Kier alpha value is -5.59. The molecular weight excluding hydrogens is 706 g/mol. The minimum atomic E-state index is -4.72. The number of nitrogens with one attached hydrogen (secondary N) is 1. The van der Waals surface area contributed by atoms with Crippen LogP contribution in [0, 0.1) is 17.1 Å². The van der Waals surface area contributed by atoms with Gasteiger partial charge < -0.3 is 15.0 Å². The molecule has 3 aliphatic heterocycles. The van der Waals surface area contributed by atoms with Gasteiger partial charge in [0.05, 0.1) is 36.1 Å². The number of benzene rings is 3. The summed E-state index contributed by atoms with van der Waals surface area (Å²) in [7, 11) is 1.51. The van der Waals surface area contributed by atoms with E-state index < -0.39 is 53.3 Å². The first-order valence-corrected chi connectivity index (χ1v) is 17.6. The quantitative estimate of drug-likeness (QED) is 0.223. The molecular formula is C39H37F4N7O4. The van der Waals surface area contributed by atoms with Gasteiger partial charge in [0, 0.05) is 43.7 Å². The van der Waals surface area contributed by atoms with Gasteiger partial charge in [-0.2, -0.15) is 23.5 Å². The number of anilines is 1. The average Bonchev–Trinajstić information content (AvgIpc) is 3.52. The van der Waals surface area contributed by atoms with Gasteiger partial charge in [0.2, 0.25) is 0 Å². The number of likely N-dealkylation sites (tertiary alicyclic amines) is 1. The third-order valence-corrected chi connectivity index (χ3v) is 10.7. The van der Waals surface area contributed by atoms with Crippen LogP contribution in [0.2, 0.25) is 0 Å². The Morgan fingerprint density at radius 2 is 1.81 bits per heavy atom. The van der Waals surface area contributed by atoms with Gasteiger partial charge in [0.1, 0.15) is 23.7 Å². The lowest BCUT2D eigenvalue weighted by Crippen LogP contribution is -2.70. The number of hydrogen-bond acceptors (Lipinski definition) is 7. The van der Waals surface area contributed by atoms with Crippen LogP contribution in [0.1, 0.15) is 63.2 Å². The summed E-state index contributed by atoms with van der Waals surface area (Å²) in [6.07, 6.45) is -3.37. The molecule has 4 heterocycles. The number of alkyl halides is 3. The van der Waals surface area contributed by atoms with Gasteiger partial charge in [-0.25, -0.2) is 9.07 Å². The Morgan fingerprint density at radius 3 is 2.41 bits per heavy atom. The zero-order chi connectivity index (χ0) is 38.4. The van der Waals surface area contributed by atoms with Crippen LogP contribution in [0.4, 0.5) is 23.4 Å². The molecule has 280 valence electrons. The van der Waals surface area contributed by atoms with Crippen LogP contribution < -0.4 is 10.2 Å². The lowest BCUT2D eigenvalue weighted by atomic mass is 9.80. The number of carbonyl (C=O) groups excluding carboxylic acids is 3. The normalized spacial score (nSPS) is 19.6. The van der Waals surface area contributed by atoms with Gasteiger partial charge in [0.25, 0.3) is 17.7 Å². The number of aromatic nitrogens is 2. The monoisotopic (exact) mass is 743 g/mol. The number of hydrogen-bond donors (Lipinski definition) is 1. The first kappa shape index (κ1) is 36.8. The largest absolute Gasteiger partial charge is 0.416 e. The number of likely N-dealkylation sites (N-methyl/N-ethyl adjacent to an activating group) is 1. The molecule has 3 amide bonds. The van der Waals surface area contributed by atoms with E-state index in [9.17, 15) is 37.2 Å². The highest BCUT2D eigenvalue weighted by atomic mass is 19.4. The fraction of sp³-hybridized carbons (Fsp3) is 0.359. The molecule has 3 aromatic carbocycles. The van der Waals surface area contributed by atoms with E-state index in [1.807, 2.05) is 0 Å². The third-order valence-electron chi connectivity index (χ3n) is 10.7. The van der Waals surface area contributed by atoms with Crippen LogP contribution in [0.25, 0.3) is 5.69 Å². The molecule has 1 aromatic heterocycles. The molecule has 1 N–H and O–H groups in total. The highest BCUT2D eigenvalue weighted by Crippen LogP contribution is 2.44. The zero-order valence-corrected chi connectivity index (χ0v) is 29.5. The molecule has 3 aliphatic rings. The van der Waals surface area contributed by atoms with Gasteiger partial charge in [0.15, 0.2) is 5.69 Å². The predicted octanol–water partition coefficient (Wildman–Crippen LogP) is 5.16. The Morgan fingerprint density at radius 1 is 1.09 bits per heavy atom. The SMILES string of the molecule is CCN1C(=O)[C@@H](NC(=O)c2cccc(C(F)(F)F)c2)[C@@H](c2ccc(F)cc2)c2c(C(=O)N(C)[C@H](C#N)CCN3CCC34COC4)nn(-c3ccccc3)c21. The topological polar surface area (TPSA) is 124 Å². The number of carbonyl (C=O) groups is 3. The van der Waals surface area contributed by atoms with Crippen molar-refractivity contribution in [3.05, 3.63) is 113 Å². The second-order valence-corrected chi connectivity index (χ2v) is 13.8. The number of rotatable bonds is 10. The van der Waals surface area contributed by atoms with E-state index in [4.69, 9.17) is 9.84 Å². The highest BCUT2D eigenvalue weighted by Gasteiger charge is 2.51. The summed E-state index contributed by atoms with van der Waals surface area (Å²) in [4.78, 5) is 47.9. The van der Waals surface area contributed by atoms with Crippen molar-refractivity contribution in [1.29, 1.82) is 5.26 Å². The van der Waals surface area contributed by atoms with Crippen LogP contribution >= 0.6 is 0 Å². The first-order chi connectivity index (χ1) is 25.9. The molecule has 1 spiro atoms. The summed E-state index contributed by atoms with van der Waals surface area (Å²) in [5.41, 5.74) is -0.435. The molecule has 11 nitrogen and oxygen atoms in total. The summed E-state index contributed by atoms with van der Waals surface area (Å²) in [5.74, 6) is -3.72. The van der Waals surface area contributed by atoms with E-state index in [2.05, 4.69) is 16.3 Å². The van der Waals surface area contributed by atoms with Crippen molar-refractivity contribution in [3.8, 4) is 11.8 Å². The summed E-state index contributed by atoms with van der Waals surface area (Å²) in [6, 6.07) is 17.7. The highest BCUT2D eigenvalue weighted by molar-refractivity contribution is 6.07. The molecule has 7 rings (SSSR count). The van der Waals surface area contributed by atoms with E-state index in [1.54, 1.807) is 37.3 Å². The molecule has 0 saturated carbocycles. The van der Waals surface area contributed by atoms with Crippen LogP contribution in [0.5, 0.6) is 0 Å². The van der Waals surface area contributed by atoms with E-state index in [0.717, 1.165) is 25.1 Å². The van der Waals surface area contributed by atoms with Gasteiger partial charge in [-0.15, -0.1) is 0 Å². The number of ether oxygens (including phenoxy) is 1. The minimum absolute atomic E-state index is 0.0118. The first-order valence-electron chi connectivity index (χ1n) is 17.6. The number of halogens is 4. The van der Waals surface area contributed by atoms with Crippen LogP contribution in [-0.4, -0.2) is 94.8 Å². The van der Waals surface area contributed by atoms with Crippen molar-refractivity contribution in [2.24, 2.45) is 0 Å². The number of nitriles is 1. The molecule has 2 saturated heterocycles. The van der Waals surface area contributed by atoms with E-state index >= 15 is 0 Å². The summed E-state index contributed by atoms with van der Waals surface area (Å²) in [5, 5.41) is 17.7. The molecule has 0 bridgehead atoms. The van der Waals surface area contributed by atoms with Gasteiger partial charge in [-0.3, -0.25) is 24.2 Å². The Kier molecular flexibility index (Phi) is 9.76. The second kappa shape index (κ2) is 14.3. The number of para-hydroxylation sites is 1. The van der Waals surface area contributed by atoms with Crippen molar-refractivity contribution in [3.63, 3.8) is 0 Å². The van der Waals surface area contributed by atoms with Crippen LogP contribution in [0.3, 0.4) is 0 Å². The maximum absolute atomic E-state index is 14.7. The maximum atomic E-state index is 14.7. The maximum Gasteiger partial charge on any atom is 0.416 e. The smallest absolute Gasteiger partial charge is 0.377 e. The standard InChI is InChI=1S/C39H37F4N7O4/c1-3-49-35-31(30(24-12-14-27(40)15-13-24)32(37(49)53)45-34(51)25-8-7-9-26(20-25)39(41,42)43)33(46-50(35)28-10-5-4-6-11-28)36(52)47(2)29(21-44)16-18-48-19-17-38(48)22-54-23-38/h4-15,20,29-30,32H,3,16-19,22-23H2,1-2H3,(H,45,51)/t29-,30-,32-/m0/s1. The second-order valence-electron chi connectivity index (χ2n) is 13.8. The van der Waals surface area contributed by atoms with Crippen LogP contribution in [0.15, 0.2) is 78.9 Å². The summed E-state index contributed by atoms with van der Waals surface area (Å²) >= 11 is 0. The fourth-order valence-electron chi connectivity index (χ4n) is 7.53. The molecule has 0 radical (unpaired) electrons. The van der Waals surface area contributed by atoms with E-state index in [-0.39, 0.29) is 34.7 Å². The molecule has 3 atom stereocenters. The number of fused-ring (bicyclic) bond motifs is 1. The Labute approximate surface area is 308 Å². The van der Waals surface area contributed by atoms with Gasteiger partial charge >= 0.3 is 6.18 Å². The fourth-order valence-corrected chi connectivity index (χ4v) is 7.53. The molecule has 15 heteroatoms. The van der Waals surface area contributed by atoms with Gasteiger partial charge in [-0.1, -0.05) is 36.4 Å². The summed E-state index contributed by atoms with van der Waals surface area (Å²) < 4.78 is 62.1. The van der Waals surface area contributed by atoms with Crippen molar-refractivity contribution in [1.82, 2.24) is 24.9 Å². The molecule has 2 fully saturated rings. The lowest BCUT2D eigenvalue weighted by Gasteiger charge is -2.58. The number of amides is 3. The molecule has 4 aromatic rings. The van der Waals surface area contributed by atoms with Crippen molar-refractivity contribution >= 4 is 23.5 Å². The third kappa shape index (κ3) is 6.49. The van der Waals surface area contributed by atoms with Gasteiger partial charge in [-0.05, 0) is 67.8 Å². The minimum Gasteiger partial charge on any atom is -0.377 e. The predicted molar refractivity (Wildman–Crippen MR) is 188 cm³/mol. The average molecular weight is 744 g/mol. The van der Waals surface area contributed by atoms with Crippen molar-refractivity contribution in [2.75, 3.05) is 44.8 Å².